The second-order valence-corrected chi connectivity index (χ2v) is 6.12. The highest BCUT2D eigenvalue weighted by Gasteiger charge is 2.19. The fraction of sp³-hybridized carbons (Fsp3) is 0.190. The Balaban J connectivity index is 1.99. The summed E-state index contributed by atoms with van der Waals surface area (Å²) < 4.78 is 5.09. The number of nitrogen functional groups attached to an aromatic ring is 1. The van der Waals surface area contributed by atoms with E-state index in [1.54, 1.807) is 42.6 Å². The van der Waals surface area contributed by atoms with Crippen LogP contribution in [0.3, 0.4) is 0 Å². The number of benzene rings is 1. The summed E-state index contributed by atoms with van der Waals surface area (Å²) >= 11 is 0. The maximum absolute atomic E-state index is 13.0. The molecule has 7 heteroatoms. The first kappa shape index (κ1) is 19.3. The number of aliphatic hydroxyl groups excluding tert-OH is 1. The Morgan fingerprint density at radius 1 is 1.14 bits per heavy atom. The first-order chi connectivity index (χ1) is 13.6. The molecule has 0 aliphatic rings. The molecule has 0 fully saturated rings. The maximum atomic E-state index is 13.0. The van der Waals surface area contributed by atoms with E-state index in [1.165, 1.54) is 0 Å². The van der Waals surface area contributed by atoms with Crippen LogP contribution in [0.2, 0.25) is 0 Å². The summed E-state index contributed by atoms with van der Waals surface area (Å²) in [6.07, 6.45) is 3.66. The number of aromatic nitrogens is 2. The van der Waals surface area contributed by atoms with Gasteiger partial charge in [-0.3, -0.25) is 4.79 Å². The zero-order valence-corrected chi connectivity index (χ0v) is 15.6. The number of amides is 1. The van der Waals surface area contributed by atoms with Crippen LogP contribution in [-0.4, -0.2) is 41.2 Å². The number of hydrogen-bond acceptors (Lipinski definition) is 6. The summed E-state index contributed by atoms with van der Waals surface area (Å²) in [5, 5.41) is 9.25. The number of carbonyl (C=O) groups excluding carboxylic acids is 1. The quantitative estimate of drug-likeness (QED) is 0.655. The SMILES string of the molecule is COc1ccc(-c2cc(N(CCCO)C(=O)c3ccccc3)cnc2N)cn1. The third kappa shape index (κ3) is 4.27. The minimum atomic E-state index is -0.167. The fourth-order valence-electron chi connectivity index (χ4n) is 2.82. The Labute approximate surface area is 163 Å². The second-order valence-electron chi connectivity index (χ2n) is 6.12. The van der Waals surface area contributed by atoms with Crippen molar-refractivity contribution in [3.63, 3.8) is 0 Å². The summed E-state index contributed by atoms with van der Waals surface area (Å²) in [5.41, 5.74) is 8.66. The van der Waals surface area contributed by atoms with Crippen LogP contribution >= 0.6 is 0 Å². The van der Waals surface area contributed by atoms with E-state index in [0.29, 0.717) is 41.5 Å². The Morgan fingerprint density at radius 2 is 1.93 bits per heavy atom. The molecule has 0 saturated heterocycles. The van der Waals surface area contributed by atoms with Crippen molar-refractivity contribution in [1.82, 2.24) is 9.97 Å². The summed E-state index contributed by atoms with van der Waals surface area (Å²) in [4.78, 5) is 23.1. The van der Waals surface area contributed by atoms with Crippen LogP contribution in [0.15, 0.2) is 60.9 Å². The molecule has 0 saturated carbocycles. The molecule has 0 aliphatic carbocycles. The minimum absolute atomic E-state index is 0.0176. The van der Waals surface area contributed by atoms with Crippen molar-refractivity contribution in [2.24, 2.45) is 0 Å². The molecule has 0 aliphatic heterocycles. The average molecular weight is 378 g/mol. The lowest BCUT2D eigenvalue weighted by Crippen LogP contribution is -2.32. The van der Waals surface area contributed by atoms with Crippen LogP contribution in [0.5, 0.6) is 5.88 Å². The van der Waals surface area contributed by atoms with Gasteiger partial charge in [-0.2, -0.15) is 0 Å². The molecule has 3 rings (SSSR count). The van der Waals surface area contributed by atoms with Crippen LogP contribution in [0.4, 0.5) is 11.5 Å². The molecule has 3 N–H and O–H groups in total. The number of pyridine rings is 2. The largest absolute Gasteiger partial charge is 0.481 e. The lowest BCUT2D eigenvalue weighted by molar-refractivity contribution is 0.0985. The molecule has 1 amide bonds. The van der Waals surface area contributed by atoms with E-state index < -0.39 is 0 Å². The van der Waals surface area contributed by atoms with E-state index in [-0.39, 0.29) is 12.5 Å². The molecule has 1 aromatic carbocycles. The van der Waals surface area contributed by atoms with Crippen LogP contribution < -0.4 is 15.4 Å². The number of ether oxygens (including phenoxy) is 1. The van der Waals surface area contributed by atoms with Gasteiger partial charge in [0.25, 0.3) is 5.91 Å². The number of nitrogens with zero attached hydrogens (tertiary/aromatic N) is 3. The molecule has 0 bridgehead atoms. The van der Waals surface area contributed by atoms with Gasteiger partial charge < -0.3 is 20.5 Å². The Hall–Kier alpha value is -3.45. The predicted octanol–water partition coefficient (Wildman–Crippen LogP) is 2.76. The van der Waals surface area contributed by atoms with E-state index in [9.17, 15) is 9.90 Å². The number of carbonyl (C=O) groups is 1. The van der Waals surface area contributed by atoms with Crippen molar-refractivity contribution in [2.75, 3.05) is 30.9 Å². The number of hydrogen-bond donors (Lipinski definition) is 2. The van der Waals surface area contributed by atoms with Crippen molar-refractivity contribution in [3.05, 3.63) is 66.5 Å². The van der Waals surface area contributed by atoms with Crippen molar-refractivity contribution < 1.29 is 14.6 Å². The number of aliphatic hydroxyl groups is 1. The van der Waals surface area contributed by atoms with Gasteiger partial charge in [0.05, 0.1) is 19.0 Å². The zero-order valence-electron chi connectivity index (χ0n) is 15.6. The van der Waals surface area contributed by atoms with Crippen molar-refractivity contribution in [1.29, 1.82) is 0 Å². The van der Waals surface area contributed by atoms with Crippen LogP contribution in [0.25, 0.3) is 11.1 Å². The first-order valence-corrected chi connectivity index (χ1v) is 8.87. The predicted molar refractivity (Wildman–Crippen MR) is 108 cm³/mol. The Kier molecular flexibility index (Phi) is 6.18. The molecular formula is C21H22N4O3. The standard InChI is InChI=1S/C21H22N4O3/c1-28-19-9-8-16(13-23-19)18-12-17(14-24-20(18)22)25(10-5-11-26)21(27)15-6-3-2-4-7-15/h2-4,6-9,12-14,26H,5,10-11H2,1H3,(H2,22,24). The monoisotopic (exact) mass is 378 g/mol. The van der Waals surface area contributed by atoms with E-state index in [0.717, 1.165) is 5.56 Å². The van der Waals surface area contributed by atoms with Gasteiger partial charge in [0.2, 0.25) is 5.88 Å². The highest BCUT2D eigenvalue weighted by atomic mass is 16.5. The van der Waals surface area contributed by atoms with Crippen LogP contribution in [-0.2, 0) is 0 Å². The molecule has 28 heavy (non-hydrogen) atoms. The number of anilines is 2. The molecule has 0 atom stereocenters. The Bertz CT molecular complexity index is 930. The number of rotatable bonds is 7. The summed E-state index contributed by atoms with van der Waals surface area (Å²) in [5.74, 6) is 0.666. The maximum Gasteiger partial charge on any atom is 0.258 e. The summed E-state index contributed by atoms with van der Waals surface area (Å²) in [6.45, 7) is 0.340. The van der Waals surface area contributed by atoms with Crippen molar-refractivity contribution in [3.8, 4) is 17.0 Å². The zero-order chi connectivity index (χ0) is 19.9. The lowest BCUT2D eigenvalue weighted by Gasteiger charge is -2.23. The molecular weight excluding hydrogens is 356 g/mol. The first-order valence-electron chi connectivity index (χ1n) is 8.87. The van der Waals surface area contributed by atoms with E-state index >= 15 is 0 Å². The molecule has 0 unspecified atom stereocenters. The third-order valence-electron chi connectivity index (χ3n) is 4.28. The molecule has 7 nitrogen and oxygen atoms in total. The van der Waals surface area contributed by atoms with Crippen LogP contribution in [0, 0.1) is 0 Å². The molecule has 144 valence electrons. The molecule has 0 radical (unpaired) electrons. The van der Waals surface area contributed by atoms with Crippen molar-refractivity contribution in [2.45, 2.75) is 6.42 Å². The molecule has 0 spiro atoms. The van der Waals surface area contributed by atoms with Gasteiger partial charge in [-0.15, -0.1) is 0 Å². The fourth-order valence-corrected chi connectivity index (χ4v) is 2.82. The Morgan fingerprint density at radius 3 is 2.57 bits per heavy atom. The van der Waals surface area contributed by atoms with Gasteiger partial charge in [-0.1, -0.05) is 18.2 Å². The number of methoxy groups -OCH3 is 1. The van der Waals surface area contributed by atoms with Crippen molar-refractivity contribution >= 4 is 17.4 Å². The average Bonchev–Trinajstić information content (AvgIpc) is 2.75. The summed E-state index contributed by atoms with van der Waals surface area (Å²) in [7, 11) is 1.55. The van der Waals surface area contributed by atoms with Gasteiger partial charge in [0.1, 0.15) is 5.82 Å². The van der Waals surface area contributed by atoms with E-state index in [2.05, 4.69) is 9.97 Å². The lowest BCUT2D eigenvalue weighted by atomic mass is 10.1. The van der Waals surface area contributed by atoms with Gasteiger partial charge >= 0.3 is 0 Å². The van der Waals surface area contributed by atoms with Crippen LogP contribution in [0.1, 0.15) is 16.8 Å². The summed E-state index contributed by atoms with van der Waals surface area (Å²) in [6, 6.07) is 14.4. The van der Waals surface area contributed by atoms with E-state index in [4.69, 9.17) is 10.5 Å². The van der Waals surface area contributed by atoms with Gasteiger partial charge in [-0.05, 0) is 30.7 Å². The van der Waals surface area contributed by atoms with Gasteiger partial charge in [0, 0.05) is 42.1 Å². The molecule has 2 heterocycles. The molecule has 2 aromatic heterocycles. The van der Waals surface area contributed by atoms with E-state index in [1.807, 2.05) is 30.3 Å². The minimum Gasteiger partial charge on any atom is -0.481 e. The smallest absolute Gasteiger partial charge is 0.258 e. The normalized spacial score (nSPS) is 10.5. The van der Waals surface area contributed by atoms with Gasteiger partial charge in [-0.25, -0.2) is 9.97 Å². The molecule has 3 aromatic rings. The highest BCUT2D eigenvalue weighted by Crippen LogP contribution is 2.29. The highest BCUT2D eigenvalue weighted by molar-refractivity contribution is 6.06. The third-order valence-corrected chi connectivity index (χ3v) is 4.28. The van der Waals surface area contributed by atoms with Gasteiger partial charge in [0.15, 0.2) is 0 Å². The topological polar surface area (TPSA) is 102 Å². The number of nitrogens with two attached hydrogens (primary N) is 1. The second kappa shape index (κ2) is 8.96.